The molecule has 0 N–H and O–H groups in total. The first-order valence-corrected chi connectivity index (χ1v) is 8.28. The van der Waals surface area contributed by atoms with Gasteiger partial charge in [0.25, 0.3) is 0 Å². The molecule has 124 valence electrons. The van der Waals surface area contributed by atoms with Crippen LogP contribution in [0.25, 0.3) is 0 Å². The number of hydrogen-bond acceptors (Lipinski definition) is 0. The van der Waals surface area contributed by atoms with Gasteiger partial charge in [0, 0.05) is 0 Å². The smallest absolute Gasteiger partial charge is 0.206 e. The molecule has 22 heavy (non-hydrogen) atoms. The Kier molecular flexibility index (Phi) is 5.87. The molecule has 0 atom stereocenters. The van der Waals surface area contributed by atoms with Crippen LogP contribution in [0.4, 0.5) is 17.6 Å². The van der Waals surface area contributed by atoms with Crippen molar-refractivity contribution in [2.24, 2.45) is 5.92 Å². The molecule has 0 aliphatic heterocycles. The first kappa shape index (κ1) is 17.3. The van der Waals surface area contributed by atoms with Gasteiger partial charge in [0.15, 0.2) is 0 Å². The van der Waals surface area contributed by atoms with Gasteiger partial charge in [-0.2, -0.15) is 13.2 Å². The summed E-state index contributed by atoms with van der Waals surface area (Å²) in [4.78, 5) is 0. The van der Waals surface area contributed by atoms with Crippen molar-refractivity contribution in [3.05, 3.63) is 35.1 Å². The van der Waals surface area contributed by atoms with Crippen molar-refractivity contribution in [3.8, 4) is 0 Å². The van der Waals surface area contributed by atoms with E-state index in [0.717, 1.165) is 49.3 Å². The van der Waals surface area contributed by atoms with Crippen LogP contribution < -0.4 is 0 Å². The van der Waals surface area contributed by atoms with Crippen molar-refractivity contribution in [3.63, 3.8) is 0 Å². The standard InChI is InChI=1S/C18H24F4/c1-2-3-4-5-13-6-8-14(9-7-13)15-10-11-16(17(19)12-15)18(20,21)22/h10-14H,2-9H2,1H3. The van der Waals surface area contributed by atoms with Gasteiger partial charge in [0.05, 0.1) is 5.56 Å². The minimum Gasteiger partial charge on any atom is -0.206 e. The fourth-order valence-electron chi connectivity index (χ4n) is 3.48. The van der Waals surface area contributed by atoms with Gasteiger partial charge in [-0.3, -0.25) is 0 Å². The first-order valence-electron chi connectivity index (χ1n) is 8.28. The number of rotatable bonds is 5. The van der Waals surface area contributed by atoms with E-state index in [1.807, 2.05) is 0 Å². The van der Waals surface area contributed by atoms with Crippen molar-refractivity contribution < 1.29 is 17.6 Å². The topological polar surface area (TPSA) is 0 Å². The second-order valence-corrected chi connectivity index (χ2v) is 6.45. The Morgan fingerprint density at radius 2 is 1.73 bits per heavy atom. The maximum atomic E-state index is 13.7. The summed E-state index contributed by atoms with van der Waals surface area (Å²) in [5.74, 6) is -0.198. The molecule has 0 amide bonds. The molecule has 0 heterocycles. The summed E-state index contributed by atoms with van der Waals surface area (Å²) in [6.45, 7) is 2.19. The van der Waals surface area contributed by atoms with E-state index in [9.17, 15) is 17.6 Å². The van der Waals surface area contributed by atoms with Crippen LogP contribution in [0.5, 0.6) is 0 Å². The highest BCUT2D eigenvalue weighted by Crippen LogP contribution is 2.39. The molecular formula is C18H24F4. The van der Waals surface area contributed by atoms with Crippen LogP contribution in [0.15, 0.2) is 18.2 Å². The molecule has 1 fully saturated rings. The van der Waals surface area contributed by atoms with Crippen molar-refractivity contribution in [2.75, 3.05) is 0 Å². The van der Waals surface area contributed by atoms with Crippen molar-refractivity contribution in [2.45, 2.75) is 70.4 Å². The van der Waals surface area contributed by atoms with Gasteiger partial charge in [-0.25, -0.2) is 4.39 Å². The molecule has 0 nitrogen and oxygen atoms in total. The molecule has 0 bridgehead atoms. The maximum absolute atomic E-state index is 13.7. The average Bonchev–Trinajstić information content (AvgIpc) is 2.47. The Balaban J connectivity index is 1.93. The Morgan fingerprint density at radius 1 is 1.05 bits per heavy atom. The second-order valence-electron chi connectivity index (χ2n) is 6.45. The van der Waals surface area contributed by atoms with Crippen molar-refractivity contribution in [1.82, 2.24) is 0 Å². The van der Waals surface area contributed by atoms with E-state index in [-0.39, 0.29) is 5.92 Å². The Hall–Kier alpha value is -1.06. The predicted molar refractivity (Wildman–Crippen MR) is 80.2 cm³/mol. The highest BCUT2D eigenvalue weighted by molar-refractivity contribution is 5.29. The largest absolute Gasteiger partial charge is 0.419 e. The summed E-state index contributed by atoms with van der Waals surface area (Å²) in [6, 6.07) is 3.43. The van der Waals surface area contributed by atoms with Gasteiger partial charge in [0.1, 0.15) is 5.82 Å². The van der Waals surface area contributed by atoms with E-state index in [1.165, 1.54) is 31.7 Å². The molecule has 0 aromatic heterocycles. The number of halogens is 4. The zero-order chi connectivity index (χ0) is 16.2. The van der Waals surface area contributed by atoms with Crippen LogP contribution >= 0.6 is 0 Å². The zero-order valence-electron chi connectivity index (χ0n) is 13.1. The number of hydrogen-bond donors (Lipinski definition) is 0. The molecule has 0 saturated heterocycles. The fraction of sp³-hybridized carbons (Fsp3) is 0.667. The molecule has 2 rings (SSSR count). The van der Waals surface area contributed by atoms with E-state index in [0.29, 0.717) is 0 Å². The molecule has 0 radical (unpaired) electrons. The SMILES string of the molecule is CCCCCC1CCC(c2ccc(C(F)(F)F)c(F)c2)CC1. The third-order valence-electron chi connectivity index (χ3n) is 4.83. The molecule has 4 heteroatoms. The Bertz CT molecular complexity index is 470. The lowest BCUT2D eigenvalue weighted by atomic mass is 9.77. The zero-order valence-corrected chi connectivity index (χ0v) is 13.1. The first-order chi connectivity index (χ1) is 10.4. The Labute approximate surface area is 129 Å². The number of alkyl halides is 3. The van der Waals surface area contributed by atoms with E-state index >= 15 is 0 Å². The second kappa shape index (κ2) is 7.47. The molecule has 1 aliphatic carbocycles. The maximum Gasteiger partial charge on any atom is 0.419 e. The summed E-state index contributed by atoms with van der Waals surface area (Å²) >= 11 is 0. The molecule has 0 unspecified atom stereocenters. The van der Waals surface area contributed by atoms with Gasteiger partial charge >= 0.3 is 6.18 Å². The van der Waals surface area contributed by atoms with E-state index in [2.05, 4.69) is 6.92 Å². The van der Waals surface area contributed by atoms with E-state index in [4.69, 9.17) is 0 Å². The quantitative estimate of drug-likeness (QED) is 0.419. The van der Waals surface area contributed by atoms with Gasteiger partial charge in [-0.15, -0.1) is 0 Å². The third kappa shape index (κ3) is 4.47. The van der Waals surface area contributed by atoms with Gasteiger partial charge in [-0.1, -0.05) is 38.7 Å². The predicted octanol–water partition coefficient (Wildman–Crippen LogP) is 6.70. The monoisotopic (exact) mass is 316 g/mol. The van der Waals surface area contributed by atoms with Crippen molar-refractivity contribution in [1.29, 1.82) is 0 Å². The van der Waals surface area contributed by atoms with Gasteiger partial charge in [0.2, 0.25) is 0 Å². The lowest BCUT2D eigenvalue weighted by Crippen LogP contribution is -2.14. The summed E-state index contributed by atoms with van der Waals surface area (Å²) in [6.07, 6.45) is 4.53. The number of unbranched alkanes of at least 4 members (excludes halogenated alkanes) is 2. The van der Waals surface area contributed by atoms with E-state index in [1.54, 1.807) is 0 Å². The van der Waals surface area contributed by atoms with Crippen LogP contribution in [0.2, 0.25) is 0 Å². The molecule has 1 aliphatic rings. The molecular weight excluding hydrogens is 292 g/mol. The van der Waals surface area contributed by atoms with Gasteiger partial charge < -0.3 is 0 Å². The molecule has 1 aromatic rings. The molecule has 1 saturated carbocycles. The highest BCUT2D eigenvalue weighted by Gasteiger charge is 2.34. The van der Waals surface area contributed by atoms with Crippen LogP contribution in [0.1, 0.15) is 75.3 Å². The van der Waals surface area contributed by atoms with Crippen LogP contribution in [-0.4, -0.2) is 0 Å². The highest BCUT2D eigenvalue weighted by atomic mass is 19.4. The minimum absolute atomic E-state index is 0.208. The summed E-state index contributed by atoms with van der Waals surface area (Å²) in [7, 11) is 0. The Morgan fingerprint density at radius 3 is 2.27 bits per heavy atom. The minimum atomic E-state index is -4.61. The summed E-state index contributed by atoms with van der Waals surface area (Å²) in [5.41, 5.74) is -0.443. The fourth-order valence-corrected chi connectivity index (χ4v) is 3.48. The molecule has 1 aromatic carbocycles. The lowest BCUT2D eigenvalue weighted by Gasteiger charge is -2.29. The summed E-state index contributed by atoms with van der Waals surface area (Å²) < 4.78 is 51.4. The van der Waals surface area contributed by atoms with Crippen LogP contribution in [0.3, 0.4) is 0 Å². The number of benzene rings is 1. The van der Waals surface area contributed by atoms with Gasteiger partial charge in [-0.05, 0) is 55.2 Å². The molecule has 0 spiro atoms. The summed E-state index contributed by atoms with van der Waals surface area (Å²) in [5, 5.41) is 0. The lowest BCUT2D eigenvalue weighted by molar-refractivity contribution is -0.140. The van der Waals surface area contributed by atoms with Crippen molar-refractivity contribution >= 4 is 0 Å². The average molecular weight is 316 g/mol. The van der Waals surface area contributed by atoms with E-state index < -0.39 is 17.6 Å². The third-order valence-corrected chi connectivity index (χ3v) is 4.83. The van der Waals surface area contributed by atoms with Crippen LogP contribution in [-0.2, 0) is 6.18 Å². The van der Waals surface area contributed by atoms with Crippen LogP contribution in [0, 0.1) is 11.7 Å². The normalized spacial score (nSPS) is 22.8.